The van der Waals surface area contributed by atoms with Gasteiger partial charge in [0.2, 0.25) is 0 Å². The molecule has 5 aromatic rings. The van der Waals surface area contributed by atoms with Crippen molar-refractivity contribution in [1.29, 1.82) is 5.26 Å². The van der Waals surface area contributed by atoms with E-state index in [1.54, 1.807) is 22.9 Å². The highest BCUT2D eigenvalue weighted by atomic mass is 16.5. The van der Waals surface area contributed by atoms with Gasteiger partial charge in [-0.05, 0) is 85.6 Å². The van der Waals surface area contributed by atoms with E-state index in [-0.39, 0.29) is 11.3 Å². The van der Waals surface area contributed by atoms with Crippen molar-refractivity contribution in [3.63, 3.8) is 0 Å². The number of aromatic nitrogens is 3. The minimum Gasteiger partial charge on any atom is -0.464 e. The fraction of sp³-hybridized carbons (Fsp3) is 0.250. The number of benzene rings is 2. The van der Waals surface area contributed by atoms with Gasteiger partial charge in [-0.2, -0.15) is 5.26 Å². The first-order valence-corrected chi connectivity index (χ1v) is 13.7. The van der Waals surface area contributed by atoms with Crippen molar-refractivity contribution in [3.8, 4) is 11.8 Å². The van der Waals surface area contributed by atoms with Crippen molar-refractivity contribution in [2.45, 2.75) is 12.8 Å². The molecule has 1 N–H and O–H groups in total. The molecule has 1 aliphatic heterocycles. The van der Waals surface area contributed by atoms with E-state index < -0.39 is 5.97 Å². The molecule has 0 saturated carbocycles. The minimum absolute atomic E-state index is 0.172. The van der Waals surface area contributed by atoms with Gasteiger partial charge in [-0.1, -0.05) is 0 Å². The summed E-state index contributed by atoms with van der Waals surface area (Å²) in [7, 11) is 1.30. The van der Waals surface area contributed by atoms with Gasteiger partial charge in [0.1, 0.15) is 5.69 Å². The Balaban J connectivity index is 1.05. The van der Waals surface area contributed by atoms with Gasteiger partial charge < -0.3 is 14.6 Å². The zero-order valence-corrected chi connectivity index (χ0v) is 22.8. The quantitative estimate of drug-likeness (QED) is 0.304. The number of hydrogen-bond acceptors (Lipinski definition) is 7. The second-order valence-corrected chi connectivity index (χ2v) is 10.2. The van der Waals surface area contributed by atoms with Crippen LogP contribution in [0.3, 0.4) is 0 Å². The van der Waals surface area contributed by atoms with Gasteiger partial charge in [0.15, 0.2) is 0 Å². The van der Waals surface area contributed by atoms with Crippen LogP contribution in [0.1, 0.15) is 28.0 Å². The van der Waals surface area contributed by atoms with E-state index in [1.807, 2.05) is 30.3 Å². The fourth-order valence-corrected chi connectivity index (χ4v) is 5.55. The van der Waals surface area contributed by atoms with Crippen LogP contribution in [0.15, 0.2) is 77.9 Å². The second-order valence-electron chi connectivity index (χ2n) is 10.2. The summed E-state index contributed by atoms with van der Waals surface area (Å²) in [5.74, 6) is -0.533. The summed E-state index contributed by atoms with van der Waals surface area (Å²) < 4.78 is 6.32. The van der Waals surface area contributed by atoms with Gasteiger partial charge in [0.05, 0.1) is 29.6 Å². The maximum Gasteiger partial charge on any atom is 0.356 e. The Morgan fingerprint density at radius 2 is 1.78 bits per heavy atom. The number of anilines is 1. The molecular weight excluding hydrogens is 516 g/mol. The fourth-order valence-electron chi connectivity index (χ4n) is 5.55. The maximum absolute atomic E-state index is 13.1. The number of piperazine rings is 1. The number of H-pyrrole nitrogens is 1. The molecule has 9 nitrogen and oxygen atoms in total. The maximum atomic E-state index is 13.1. The summed E-state index contributed by atoms with van der Waals surface area (Å²) in [5, 5.41) is 10.8. The number of esters is 1. The molecular formula is C32H30N6O3. The van der Waals surface area contributed by atoms with E-state index in [2.05, 4.69) is 44.2 Å². The highest BCUT2D eigenvalue weighted by Crippen LogP contribution is 2.22. The summed E-state index contributed by atoms with van der Waals surface area (Å²) in [5.41, 5.74) is 5.39. The van der Waals surface area contributed by atoms with Gasteiger partial charge in [0, 0.05) is 60.9 Å². The first-order valence-electron chi connectivity index (χ1n) is 13.7. The summed E-state index contributed by atoms with van der Waals surface area (Å²) in [6.07, 6.45) is 5.80. The number of pyridine rings is 2. The van der Waals surface area contributed by atoms with Crippen LogP contribution in [-0.4, -0.2) is 65.2 Å². The molecule has 0 spiro atoms. The highest BCUT2D eigenvalue weighted by Gasteiger charge is 2.18. The van der Waals surface area contributed by atoms with Gasteiger partial charge >= 0.3 is 5.97 Å². The molecule has 2 aromatic carbocycles. The molecule has 9 heteroatoms. The molecule has 1 saturated heterocycles. The van der Waals surface area contributed by atoms with Crippen LogP contribution in [-0.2, 0) is 11.2 Å². The number of fused-ring (bicyclic) bond motifs is 2. The number of aryl methyl sites for hydroxylation is 1. The summed E-state index contributed by atoms with van der Waals surface area (Å²) in [6.45, 7) is 4.93. The van der Waals surface area contributed by atoms with E-state index in [1.165, 1.54) is 18.7 Å². The van der Waals surface area contributed by atoms with E-state index >= 15 is 0 Å². The van der Waals surface area contributed by atoms with E-state index in [0.717, 1.165) is 67.8 Å². The molecule has 4 heterocycles. The average molecular weight is 547 g/mol. The SMILES string of the molecule is COC(=O)c1ccc2c(=O)n(-c3ccc(N4CCN(CCCc5c[nH]c6ccc(C#N)cc56)CC4)cc3)ccc2n1. The Hall–Kier alpha value is -4.94. The number of rotatable bonds is 7. The molecule has 0 unspecified atom stereocenters. The number of aromatic amines is 1. The Morgan fingerprint density at radius 3 is 2.54 bits per heavy atom. The third-order valence-corrected chi connectivity index (χ3v) is 7.83. The van der Waals surface area contributed by atoms with Gasteiger partial charge in [-0.3, -0.25) is 14.3 Å². The molecule has 0 aliphatic carbocycles. The lowest BCUT2D eigenvalue weighted by Crippen LogP contribution is -2.46. The number of carbonyl (C=O) groups is 1. The molecule has 1 fully saturated rings. The highest BCUT2D eigenvalue weighted by molar-refractivity contribution is 5.90. The van der Waals surface area contributed by atoms with Crippen molar-refractivity contribution < 1.29 is 9.53 Å². The van der Waals surface area contributed by atoms with Crippen molar-refractivity contribution in [2.24, 2.45) is 0 Å². The Kier molecular flexibility index (Phi) is 7.23. The van der Waals surface area contributed by atoms with E-state index in [0.29, 0.717) is 16.5 Å². The third kappa shape index (κ3) is 5.30. The van der Waals surface area contributed by atoms with Crippen LogP contribution in [0.25, 0.3) is 27.5 Å². The van der Waals surface area contributed by atoms with Crippen LogP contribution in [0, 0.1) is 11.3 Å². The van der Waals surface area contributed by atoms with Crippen LogP contribution in [0.5, 0.6) is 0 Å². The molecule has 0 atom stereocenters. The molecule has 0 bridgehead atoms. The topological polar surface area (TPSA) is 107 Å². The van der Waals surface area contributed by atoms with Crippen LogP contribution in [0.2, 0.25) is 0 Å². The third-order valence-electron chi connectivity index (χ3n) is 7.83. The molecule has 3 aromatic heterocycles. The first-order chi connectivity index (χ1) is 20.0. The zero-order valence-electron chi connectivity index (χ0n) is 22.8. The number of methoxy groups -OCH3 is 1. The van der Waals surface area contributed by atoms with Crippen molar-refractivity contribution in [3.05, 3.63) is 100 Å². The van der Waals surface area contributed by atoms with Gasteiger partial charge in [0.25, 0.3) is 5.56 Å². The average Bonchev–Trinajstić information content (AvgIpc) is 3.43. The summed E-state index contributed by atoms with van der Waals surface area (Å²) >= 11 is 0. The van der Waals surface area contributed by atoms with Crippen LogP contribution >= 0.6 is 0 Å². The molecule has 41 heavy (non-hydrogen) atoms. The summed E-state index contributed by atoms with van der Waals surface area (Å²) in [6, 6.07) is 20.9. The van der Waals surface area contributed by atoms with Crippen molar-refractivity contribution >= 4 is 33.5 Å². The zero-order chi connectivity index (χ0) is 28.3. The number of nitriles is 1. The summed E-state index contributed by atoms with van der Waals surface area (Å²) in [4.78, 5) is 37.4. The first kappa shape index (κ1) is 26.3. The van der Waals surface area contributed by atoms with Crippen molar-refractivity contribution in [1.82, 2.24) is 19.4 Å². The largest absolute Gasteiger partial charge is 0.464 e. The number of ether oxygens (including phenoxy) is 1. The number of nitrogens with one attached hydrogen (secondary N) is 1. The minimum atomic E-state index is -0.533. The van der Waals surface area contributed by atoms with Crippen LogP contribution < -0.4 is 10.5 Å². The number of carbonyl (C=O) groups excluding carboxylic acids is 1. The predicted molar refractivity (Wildman–Crippen MR) is 159 cm³/mol. The Labute approximate surface area is 237 Å². The predicted octanol–water partition coefficient (Wildman–Crippen LogP) is 4.28. The Morgan fingerprint density at radius 1 is 1.00 bits per heavy atom. The van der Waals surface area contributed by atoms with Gasteiger partial charge in [-0.15, -0.1) is 0 Å². The lowest BCUT2D eigenvalue weighted by atomic mass is 10.1. The molecule has 6 rings (SSSR count). The molecule has 0 amide bonds. The lowest BCUT2D eigenvalue weighted by Gasteiger charge is -2.36. The van der Waals surface area contributed by atoms with E-state index in [9.17, 15) is 14.9 Å². The number of nitrogens with zero attached hydrogens (tertiary/aromatic N) is 5. The molecule has 206 valence electrons. The number of hydrogen-bond donors (Lipinski definition) is 1. The lowest BCUT2D eigenvalue weighted by molar-refractivity contribution is 0.0594. The second kappa shape index (κ2) is 11.3. The monoisotopic (exact) mass is 546 g/mol. The smallest absolute Gasteiger partial charge is 0.356 e. The molecule has 0 radical (unpaired) electrons. The van der Waals surface area contributed by atoms with Gasteiger partial charge in [-0.25, -0.2) is 9.78 Å². The van der Waals surface area contributed by atoms with Crippen LogP contribution in [0.4, 0.5) is 5.69 Å². The van der Waals surface area contributed by atoms with E-state index in [4.69, 9.17) is 4.74 Å². The molecule has 1 aliphatic rings. The standard InChI is InChI=1S/C32H30N6O3/c1-41-32(40)30-11-9-26-29(35-30)12-14-38(31(26)39)25-7-5-24(6-8-25)37-17-15-36(16-18-37)13-2-3-23-21-34-28-10-4-22(20-33)19-27(23)28/h4-12,14,19,21,34H,2-3,13,15-18H2,1H3. The van der Waals surface area contributed by atoms with Crippen molar-refractivity contribution in [2.75, 3.05) is 44.7 Å². The Bertz CT molecular complexity index is 1830. The normalized spacial score (nSPS) is 13.9.